The van der Waals surface area contributed by atoms with Gasteiger partial charge in [0.15, 0.2) is 0 Å². The van der Waals surface area contributed by atoms with Crippen LogP contribution in [-0.4, -0.2) is 35.0 Å². The summed E-state index contributed by atoms with van der Waals surface area (Å²) in [6, 6.07) is 0.799. The Morgan fingerprint density at radius 1 is 1.21 bits per heavy atom. The third-order valence-electron chi connectivity index (χ3n) is 3.74. The standard InChI is InChI=1S/C15H18N6O2S/c16-14(23)19-21(13(22)11-4-7-24-10-11)15-17-8-12(9-18-15)20-5-2-1-3-6-20/h4,7-10H,1-3,5-6H2,(H3,16,19,23). The number of hydrogen-bond donors (Lipinski definition) is 2. The molecule has 9 heteroatoms. The molecule has 0 aromatic carbocycles. The Balaban J connectivity index is 1.82. The SMILES string of the molecule is NC(=O)NN(C(=O)c1ccsc1)c1ncc(N2CCCCC2)cn1. The smallest absolute Gasteiger partial charge is 0.331 e. The van der Waals surface area contributed by atoms with E-state index in [9.17, 15) is 9.59 Å². The molecule has 1 aliphatic rings. The Hall–Kier alpha value is -2.68. The lowest BCUT2D eigenvalue weighted by Crippen LogP contribution is -2.49. The Labute approximate surface area is 143 Å². The molecule has 0 atom stereocenters. The van der Waals surface area contributed by atoms with Gasteiger partial charge < -0.3 is 10.6 Å². The van der Waals surface area contributed by atoms with Crippen LogP contribution in [0.15, 0.2) is 29.2 Å². The minimum absolute atomic E-state index is 0.0748. The van der Waals surface area contributed by atoms with Crippen LogP contribution in [0.1, 0.15) is 29.6 Å². The predicted octanol–water partition coefficient (Wildman–Crippen LogP) is 1.76. The number of carbonyl (C=O) groups is 2. The van der Waals surface area contributed by atoms with Crippen molar-refractivity contribution >= 4 is 34.9 Å². The lowest BCUT2D eigenvalue weighted by molar-refractivity contribution is 0.0975. The molecule has 1 aliphatic heterocycles. The number of nitrogens with zero attached hydrogens (tertiary/aromatic N) is 4. The number of nitrogens with one attached hydrogen (secondary N) is 1. The number of hydrazine groups is 1. The van der Waals surface area contributed by atoms with E-state index in [1.807, 2.05) is 0 Å². The van der Waals surface area contributed by atoms with Gasteiger partial charge >= 0.3 is 6.03 Å². The molecule has 126 valence electrons. The zero-order chi connectivity index (χ0) is 16.9. The quantitative estimate of drug-likeness (QED) is 0.824. The van der Waals surface area contributed by atoms with E-state index in [1.54, 1.807) is 29.2 Å². The Bertz CT molecular complexity index is 697. The molecule has 3 N–H and O–H groups in total. The Morgan fingerprint density at radius 2 is 1.92 bits per heavy atom. The van der Waals surface area contributed by atoms with Gasteiger partial charge in [0.1, 0.15) is 0 Å². The van der Waals surface area contributed by atoms with Crippen molar-refractivity contribution in [1.82, 2.24) is 15.4 Å². The number of piperidine rings is 1. The molecular formula is C15H18N6O2S. The van der Waals surface area contributed by atoms with Crippen LogP contribution in [0, 0.1) is 0 Å². The van der Waals surface area contributed by atoms with E-state index < -0.39 is 11.9 Å². The molecular weight excluding hydrogens is 328 g/mol. The molecule has 0 spiro atoms. The summed E-state index contributed by atoms with van der Waals surface area (Å²) in [6.07, 6.45) is 6.84. The maximum atomic E-state index is 12.5. The molecule has 0 saturated carbocycles. The highest BCUT2D eigenvalue weighted by Gasteiger charge is 2.22. The molecule has 1 saturated heterocycles. The first-order valence-electron chi connectivity index (χ1n) is 7.65. The zero-order valence-corrected chi connectivity index (χ0v) is 13.8. The van der Waals surface area contributed by atoms with Crippen LogP contribution < -0.4 is 21.1 Å². The Kier molecular flexibility index (Phi) is 4.90. The second kappa shape index (κ2) is 7.26. The molecule has 3 amide bonds. The molecule has 0 aliphatic carbocycles. The van der Waals surface area contributed by atoms with Crippen molar-refractivity contribution in [2.45, 2.75) is 19.3 Å². The number of urea groups is 1. The zero-order valence-electron chi connectivity index (χ0n) is 13.0. The van der Waals surface area contributed by atoms with E-state index in [0.717, 1.165) is 36.6 Å². The van der Waals surface area contributed by atoms with Crippen molar-refractivity contribution in [3.63, 3.8) is 0 Å². The number of carbonyl (C=O) groups excluding carboxylic acids is 2. The second-order valence-electron chi connectivity index (χ2n) is 5.42. The van der Waals surface area contributed by atoms with Crippen molar-refractivity contribution in [2.75, 3.05) is 23.0 Å². The van der Waals surface area contributed by atoms with Gasteiger partial charge in [-0.05, 0) is 30.7 Å². The first kappa shape index (κ1) is 16.2. The van der Waals surface area contributed by atoms with E-state index in [2.05, 4.69) is 20.3 Å². The number of aromatic nitrogens is 2. The minimum atomic E-state index is -0.859. The number of thiophene rings is 1. The van der Waals surface area contributed by atoms with Gasteiger partial charge in [0.05, 0.1) is 23.6 Å². The van der Waals surface area contributed by atoms with Crippen molar-refractivity contribution in [2.24, 2.45) is 5.73 Å². The third-order valence-corrected chi connectivity index (χ3v) is 4.42. The highest BCUT2D eigenvalue weighted by molar-refractivity contribution is 7.08. The summed E-state index contributed by atoms with van der Waals surface area (Å²) >= 11 is 1.38. The molecule has 1 fully saturated rings. The van der Waals surface area contributed by atoms with E-state index in [4.69, 9.17) is 5.73 Å². The van der Waals surface area contributed by atoms with Crippen molar-refractivity contribution in [1.29, 1.82) is 0 Å². The highest BCUT2D eigenvalue weighted by atomic mass is 32.1. The summed E-state index contributed by atoms with van der Waals surface area (Å²) in [4.78, 5) is 34.4. The van der Waals surface area contributed by atoms with Gasteiger partial charge in [-0.15, -0.1) is 0 Å². The van der Waals surface area contributed by atoms with Gasteiger partial charge in [-0.2, -0.15) is 16.3 Å². The van der Waals surface area contributed by atoms with Crippen LogP contribution in [-0.2, 0) is 0 Å². The van der Waals surface area contributed by atoms with Crippen molar-refractivity contribution in [3.05, 3.63) is 34.8 Å². The molecule has 0 bridgehead atoms. The van der Waals surface area contributed by atoms with E-state index >= 15 is 0 Å². The summed E-state index contributed by atoms with van der Waals surface area (Å²) in [5.74, 6) is -0.369. The van der Waals surface area contributed by atoms with E-state index in [1.165, 1.54) is 17.8 Å². The van der Waals surface area contributed by atoms with Gasteiger partial charge in [0.25, 0.3) is 11.9 Å². The fraction of sp³-hybridized carbons (Fsp3) is 0.333. The number of amides is 3. The molecule has 2 aromatic rings. The van der Waals surface area contributed by atoms with Crippen LogP contribution in [0.5, 0.6) is 0 Å². The fourth-order valence-electron chi connectivity index (χ4n) is 2.56. The summed E-state index contributed by atoms with van der Waals surface area (Å²) in [5.41, 5.74) is 8.77. The number of primary amides is 1. The molecule has 3 heterocycles. The normalized spacial score (nSPS) is 14.2. The predicted molar refractivity (Wildman–Crippen MR) is 91.9 cm³/mol. The number of hydrogen-bond acceptors (Lipinski definition) is 6. The van der Waals surface area contributed by atoms with Gasteiger partial charge in [-0.1, -0.05) is 0 Å². The van der Waals surface area contributed by atoms with Gasteiger partial charge in [0, 0.05) is 18.5 Å². The molecule has 0 radical (unpaired) electrons. The van der Waals surface area contributed by atoms with Crippen molar-refractivity contribution < 1.29 is 9.59 Å². The van der Waals surface area contributed by atoms with E-state index in [-0.39, 0.29) is 5.95 Å². The summed E-state index contributed by atoms with van der Waals surface area (Å²) < 4.78 is 0. The second-order valence-corrected chi connectivity index (χ2v) is 6.20. The van der Waals surface area contributed by atoms with Gasteiger partial charge in [-0.3, -0.25) is 4.79 Å². The maximum absolute atomic E-state index is 12.5. The first-order chi connectivity index (χ1) is 11.6. The van der Waals surface area contributed by atoms with Crippen LogP contribution in [0.25, 0.3) is 0 Å². The minimum Gasteiger partial charge on any atom is -0.369 e. The van der Waals surface area contributed by atoms with Crippen LogP contribution >= 0.6 is 11.3 Å². The average Bonchev–Trinajstić information content (AvgIpc) is 3.15. The Morgan fingerprint density at radius 3 is 2.50 bits per heavy atom. The number of nitrogens with two attached hydrogens (primary N) is 1. The van der Waals surface area contributed by atoms with Crippen LogP contribution in [0.3, 0.4) is 0 Å². The highest BCUT2D eigenvalue weighted by Crippen LogP contribution is 2.20. The molecule has 0 unspecified atom stereocenters. The van der Waals surface area contributed by atoms with E-state index in [0.29, 0.717) is 5.56 Å². The maximum Gasteiger partial charge on any atom is 0.331 e. The summed E-state index contributed by atoms with van der Waals surface area (Å²) in [6.45, 7) is 1.94. The summed E-state index contributed by atoms with van der Waals surface area (Å²) in [7, 11) is 0. The van der Waals surface area contributed by atoms with Crippen molar-refractivity contribution in [3.8, 4) is 0 Å². The van der Waals surface area contributed by atoms with Gasteiger partial charge in [-0.25, -0.2) is 20.2 Å². The third kappa shape index (κ3) is 3.62. The lowest BCUT2D eigenvalue weighted by atomic mass is 10.1. The molecule has 3 rings (SSSR count). The van der Waals surface area contributed by atoms with Crippen LogP contribution in [0.4, 0.5) is 16.4 Å². The molecule has 24 heavy (non-hydrogen) atoms. The molecule has 2 aromatic heterocycles. The number of anilines is 2. The fourth-order valence-corrected chi connectivity index (χ4v) is 3.19. The first-order valence-corrected chi connectivity index (χ1v) is 8.59. The monoisotopic (exact) mass is 346 g/mol. The van der Waals surface area contributed by atoms with Gasteiger partial charge in [0.2, 0.25) is 0 Å². The van der Waals surface area contributed by atoms with Crippen LogP contribution in [0.2, 0.25) is 0 Å². The molecule has 8 nitrogen and oxygen atoms in total. The summed E-state index contributed by atoms with van der Waals surface area (Å²) in [5, 5.41) is 4.42. The lowest BCUT2D eigenvalue weighted by Gasteiger charge is -2.28. The number of rotatable bonds is 3. The average molecular weight is 346 g/mol. The largest absolute Gasteiger partial charge is 0.369 e. The topological polar surface area (TPSA) is 104 Å².